The zero-order valence-electron chi connectivity index (χ0n) is 11.6. The molecule has 2 aromatic rings. The number of aryl methyl sites for hydroxylation is 2. The van der Waals surface area contributed by atoms with E-state index < -0.39 is 0 Å². The number of benzene rings is 2. The van der Waals surface area contributed by atoms with Crippen LogP contribution in [0.1, 0.15) is 32.6 Å². The molecule has 2 rings (SSSR count). The van der Waals surface area contributed by atoms with E-state index in [1.54, 1.807) is 30.3 Å². The predicted octanol–water partition coefficient (Wildman–Crippen LogP) is 4.07. The van der Waals surface area contributed by atoms with E-state index in [2.05, 4.69) is 12.1 Å². The molecule has 0 unspecified atom stereocenters. The van der Waals surface area contributed by atoms with Gasteiger partial charge in [-0.1, -0.05) is 29.8 Å². The van der Waals surface area contributed by atoms with Crippen molar-refractivity contribution in [1.82, 2.24) is 0 Å². The Labute approximate surface area is 119 Å². The highest BCUT2D eigenvalue weighted by Crippen LogP contribution is 2.13. The molecule has 0 amide bonds. The van der Waals surface area contributed by atoms with Crippen molar-refractivity contribution in [2.24, 2.45) is 0 Å². The van der Waals surface area contributed by atoms with Crippen LogP contribution in [-0.2, 0) is 0 Å². The number of nitrogens with zero attached hydrogens (tertiary/aromatic N) is 1. The van der Waals surface area contributed by atoms with Gasteiger partial charge in [-0.05, 0) is 55.3 Å². The fourth-order valence-corrected chi connectivity index (χ4v) is 1.91. The van der Waals surface area contributed by atoms with Crippen LogP contribution < -0.4 is 0 Å². The maximum Gasteiger partial charge on any atom is 0.185 e. The molecular formula is C18H15NO. The van der Waals surface area contributed by atoms with Gasteiger partial charge in [0.25, 0.3) is 0 Å². The maximum atomic E-state index is 12.0. The lowest BCUT2D eigenvalue weighted by atomic mass is 10.0. The third-order valence-corrected chi connectivity index (χ3v) is 3.15. The van der Waals surface area contributed by atoms with Gasteiger partial charge >= 0.3 is 0 Å². The Balaban J connectivity index is 2.20. The first-order chi connectivity index (χ1) is 9.60. The maximum absolute atomic E-state index is 12.0. The molecule has 2 heteroatoms. The highest BCUT2D eigenvalue weighted by Gasteiger charge is 2.02. The molecule has 0 heterocycles. The van der Waals surface area contributed by atoms with Gasteiger partial charge in [-0.15, -0.1) is 0 Å². The van der Waals surface area contributed by atoms with Crippen LogP contribution >= 0.6 is 0 Å². The van der Waals surface area contributed by atoms with Gasteiger partial charge in [0.1, 0.15) is 0 Å². The zero-order chi connectivity index (χ0) is 14.5. The summed E-state index contributed by atoms with van der Waals surface area (Å²) in [6.45, 7) is 4.05. The Morgan fingerprint density at radius 2 is 1.80 bits per heavy atom. The van der Waals surface area contributed by atoms with Crippen LogP contribution in [0.3, 0.4) is 0 Å². The summed E-state index contributed by atoms with van der Waals surface area (Å²) in [5.74, 6) is -0.0598. The van der Waals surface area contributed by atoms with Crippen LogP contribution in [0, 0.1) is 25.2 Å². The van der Waals surface area contributed by atoms with E-state index >= 15 is 0 Å². The van der Waals surface area contributed by atoms with E-state index in [1.807, 2.05) is 32.1 Å². The molecule has 0 spiro atoms. The lowest BCUT2D eigenvalue weighted by Gasteiger charge is -2.01. The number of hydrogen-bond donors (Lipinski definition) is 0. The average molecular weight is 261 g/mol. The van der Waals surface area contributed by atoms with Crippen molar-refractivity contribution in [3.8, 4) is 6.07 Å². The van der Waals surface area contributed by atoms with Crippen LogP contribution in [0.4, 0.5) is 0 Å². The SMILES string of the molecule is Cc1ccc(C)c(C=CC(=O)c2ccc(C#N)cc2)c1. The topological polar surface area (TPSA) is 40.9 Å². The Morgan fingerprint density at radius 3 is 2.45 bits per heavy atom. The summed E-state index contributed by atoms with van der Waals surface area (Å²) in [4.78, 5) is 12.0. The molecule has 98 valence electrons. The van der Waals surface area contributed by atoms with Gasteiger partial charge in [-0.2, -0.15) is 5.26 Å². The standard InChI is InChI=1S/C18H15NO/c1-13-3-4-14(2)17(11-13)9-10-18(20)16-7-5-15(12-19)6-8-16/h3-11H,1-2H3. The second-order valence-corrected chi connectivity index (χ2v) is 4.75. The monoisotopic (exact) mass is 261 g/mol. The molecule has 0 aliphatic heterocycles. The summed E-state index contributed by atoms with van der Waals surface area (Å²) in [5, 5.41) is 8.73. The van der Waals surface area contributed by atoms with Crippen LogP contribution in [0.25, 0.3) is 6.08 Å². The summed E-state index contributed by atoms with van der Waals surface area (Å²) in [7, 11) is 0. The molecule has 20 heavy (non-hydrogen) atoms. The Kier molecular flexibility index (Phi) is 4.12. The second kappa shape index (κ2) is 5.99. The van der Waals surface area contributed by atoms with E-state index in [0.29, 0.717) is 11.1 Å². The summed E-state index contributed by atoms with van der Waals surface area (Å²) < 4.78 is 0. The zero-order valence-corrected chi connectivity index (χ0v) is 11.6. The minimum Gasteiger partial charge on any atom is -0.289 e. The largest absolute Gasteiger partial charge is 0.289 e. The molecule has 0 fully saturated rings. The molecule has 0 saturated carbocycles. The minimum atomic E-state index is -0.0598. The first-order valence-corrected chi connectivity index (χ1v) is 6.40. The molecule has 0 atom stereocenters. The van der Waals surface area contributed by atoms with Gasteiger partial charge in [0.2, 0.25) is 0 Å². The number of rotatable bonds is 3. The van der Waals surface area contributed by atoms with Gasteiger partial charge in [0.15, 0.2) is 5.78 Å². The highest BCUT2D eigenvalue weighted by molar-refractivity contribution is 6.06. The van der Waals surface area contributed by atoms with Gasteiger partial charge in [0, 0.05) is 5.56 Å². The quantitative estimate of drug-likeness (QED) is 0.617. The molecule has 0 N–H and O–H groups in total. The van der Waals surface area contributed by atoms with Gasteiger partial charge < -0.3 is 0 Å². The lowest BCUT2D eigenvalue weighted by Crippen LogP contribution is -1.94. The van der Waals surface area contributed by atoms with E-state index in [4.69, 9.17) is 5.26 Å². The van der Waals surface area contributed by atoms with Crippen molar-refractivity contribution in [2.45, 2.75) is 13.8 Å². The normalized spacial score (nSPS) is 10.4. The summed E-state index contributed by atoms with van der Waals surface area (Å²) in [6.07, 6.45) is 3.41. The molecule has 0 aromatic heterocycles. The molecule has 0 aliphatic carbocycles. The van der Waals surface area contributed by atoms with Gasteiger partial charge in [0.05, 0.1) is 11.6 Å². The average Bonchev–Trinajstić information content (AvgIpc) is 2.48. The van der Waals surface area contributed by atoms with Crippen molar-refractivity contribution in [1.29, 1.82) is 5.26 Å². The first-order valence-electron chi connectivity index (χ1n) is 6.40. The number of hydrogen-bond acceptors (Lipinski definition) is 2. The first kappa shape index (κ1) is 13.8. The molecule has 2 nitrogen and oxygen atoms in total. The highest BCUT2D eigenvalue weighted by atomic mass is 16.1. The van der Waals surface area contributed by atoms with Crippen LogP contribution in [-0.4, -0.2) is 5.78 Å². The van der Waals surface area contributed by atoms with Crippen LogP contribution in [0.15, 0.2) is 48.5 Å². The minimum absolute atomic E-state index is 0.0598. The van der Waals surface area contributed by atoms with Crippen molar-refractivity contribution < 1.29 is 4.79 Å². The van der Waals surface area contributed by atoms with Crippen molar-refractivity contribution in [3.63, 3.8) is 0 Å². The summed E-state index contributed by atoms with van der Waals surface area (Å²) in [5.41, 5.74) is 4.50. The summed E-state index contributed by atoms with van der Waals surface area (Å²) in [6, 6.07) is 14.8. The van der Waals surface area contributed by atoms with Gasteiger partial charge in [-0.3, -0.25) is 4.79 Å². The number of nitriles is 1. The molecule has 2 aromatic carbocycles. The van der Waals surface area contributed by atoms with E-state index in [9.17, 15) is 4.79 Å². The number of allylic oxidation sites excluding steroid dienone is 1. The van der Waals surface area contributed by atoms with E-state index in [0.717, 1.165) is 11.1 Å². The molecular weight excluding hydrogens is 246 g/mol. The second-order valence-electron chi connectivity index (χ2n) is 4.75. The van der Waals surface area contributed by atoms with E-state index in [-0.39, 0.29) is 5.78 Å². The predicted molar refractivity (Wildman–Crippen MR) is 80.4 cm³/mol. The number of carbonyl (C=O) groups is 1. The fourth-order valence-electron chi connectivity index (χ4n) is 1.91. The van der Waals surface area contributed by atoms with Crippen LogP contribution in [0.5, 0.6) is 0 Å². The van der Waals surface area contributed by atoms with E-state index in [1.165, 1.54) is 5.56 Å². The fraction of sp³-hybridized carbons (Fsp3) is 0.111. The Morgan fingerprint density at radius 1 is 1.10 bits per heavy atom. The summed E-state index contributed by atoms with van der Waals surface area (Å²) >= 11 is 0. The third kappa shape index (κ3) is 3.21. The van der Waals surface area contributed by atoms with Crippen LogP contribution in [0.2, 0.25) is 0 Å². The molecule has 0 aliphatic rings. The van der Waals surface area contributed by atoms with Gasteiger partial charge in [-0.25, -0.2) is 0 Å². The molecule has 0 bridgehead atoms. The van der Waals surface area contributed by atoms with Crippen molar-refractivity contribution >= 4 is 11.9 Å². The lowest BCUT2D eigenvalue weighted by molar-refractivity contribution is 0.104. The Hall–Kier alpha value is -2.66. The van der Waals surface area contributed by atoms with Crippen molar-refractivity contribution in [3.05, 3.63) is 76.4 Å². The molecule has 0 saturated heterocycles. The smallest absolute Gasteiger partial charge is 0.185 e. The third-order valence-electron chi connectivity index (χ3n) is 3.15. The van der Waals surface area contributed by atoms with Crippen molar-refractivity contribution in [2.75, 3.05) is 0 Å². The Bertz CT molecular complexity index is 703. The number of ketones is 1. The molecule has 0 radical (unpaired) electrons. The number of carbonyl (C=O) groups excluding carboxylic acids is 1.